The highest BCUT2D eigenvalue weighted by molar-refractivity contribution is 7.95. The van der Waals surface area contributed by atoms with Crippen LogP contribution in [0.1, 0.15) is 5.56 Å². The predicted octanol–water partition coefficient (Wildman–Crippen LogP) is 2.97. The largest absolute Gasteiger partial charge is 0.330 e. The minimum absolute atomic E-state index is 0.0346. The number of hydrogen-bond acceptors (Lipinski definition) is 2. The van der Waals surface area contributed by atoms with E-state index >= 15 is 0 Å². The summed E-state index contributed by atoms with van der Waals surface area (Å²) >= 11 is 0. The number of fused-ring (bicyclic) bond motifs is 1. The first-order valence-corrected chi connectivity index (χ1v) is 7.47. The van der Waals surface area contributed by atoms with Crippen LogP contribution in [0.3, 0.4) is 0 Å². The van der Waals surface area contributed by atoms with Crippen molar-refractivity contribution in [2.45, 2.75) is 6.92 Å². The van der Waals surface area contributed by atoms with Crippen LogP contribution in [-0.2, 0) is 10.2 Å². The summed E-state index contributed by atoms with van der Waals surface area (Å²) in [5, 5.41) is 0. The molecule has 3 rings (SSSR count). The number of rotatable bonds is 1. The van der Waals surface area contributed by atoms with E-state index in [4.69, 9.17) is 0 Å². The van der Waals surface area contributed by atoms with Gasteiger partial charge in [0.2, 0.25) is 0 Å². The molecule has 0 aliphatic carbocycles. The van der Waals surface area contributed by atoms with E-state index in [1.807, 2.05) is 0 Å². The van der Waals surface area contributed by atoms with Crippen molar-refractivity contribution in [1.29, 1.82) is 0 Å². The van der Waals surface area contributed by atoms with Gasteiger partial charge >= 0.3 is 10.2 Å². The molecule has 0 aromatic heterocycles. The molecule has 0 fully saturated rings. The number of nitrogens with zero attached hydrogens (tertiary/aromatic N) is 2. The van der Waals surface area contributed by atoms with Crippen molar-refractivity contribution in [2.75, 3.05) is 15.7 Å². The molecule has 0 unspecified atom stereocenters. The fourth-order valence-corrected chi connectivity index (χ4v) is 3.75. The summed E-state index contributed by atoms with van der Waals surface area (Å²) in [5.41, 5.74) is 1.77. The summed E-state index contributed by atoms with van der Waals surface area (Å²) in [4.78, 5) is 0. The summed E-state index contributed by atoms with van der Waals surface area (Å²) in [6, 6.07) is 11.3. The smallest absolute Gasteiger partial charge is 0.254 e. The molecule has 0 spiro atoms. The van der Waals surface area contributed by atoms with E-state index in [0.29, 0.717) is 11.4 Å². The first kappa shape index (κ1) is 12.9. The molecule has 1 aliphatic heterocycles. The fourth-order valence-electron chi connectivity index (χ4n) is 2.30. The molecule has 1 aliphatic rings. The average Bonchev–Trinajstić information content (AvgIpc) is 2.59. The highest BCUT2D eigenvalue weighted by Gasteiger charge is 2.39. The van der Waals surface area contributed by atoms with Crippen molar-refractivity contribution in [3.05, 3.63) is 53.8 Å². The van der Waals surface area contributed by atoms with Gasteiger partial charge in [0.15, 0.2) is 0 Å². The number of aryl methyl sites for hydroxylation is 1. The predicted molar refractivity (Wildman–Crippen MR) is 77.0 cm³/mol. The number of halogens is 1. The van der Waals surface area contributed by atoms with E-state index in [-0.39, 0.29) is 5.69 Å². The van der Waals surface area contributed by atoms with E-state index in [0.717, 1.165) is 14.2 Å². The zero-order chi connectivity index (χ0) is 14.5. The summed E-state index contributed by atoms with van der Waals surface area (Å²) in [5.74, 6) is -0.557. The number of para-hydroxylation sites is 2. The summed E-state index contributed by atoms with van der Waals surface area (Å²) in [6.07, 6.45) is 0. The zero-order valence-electron chi connectivity index (χ0n) is 11.0. The van der Waals surface area contributed by atoms with Crippen molar-refractivity contribution in [2.24, 2.45) is 0 Å². The molecular weight excluding hydrogens is 279 g/mol. The molecule has 2 aromatic rings. The minimum atomic E-state index is -3.79. The standard InChI is InChI=1S/C14H13FN2O2S/c1-10-7-8-12(11(15)9-10)17-14-6-4-3-5-13(14)16(2)20(17,18)19/h3-9H,1-2H3. The Kier molecular flexibility index (Phi) is 2.72. The van der Waals surface area contributed by atoms with E-state index < -0.39 is 16.0 Å². The molecule has 6 heteroatoms. The molecule has 104 valence electrons. The van der Waals surface area contributed by atoms with Crippen molar-refractivity contribution >= 4 is 27.3 Å². The number of anilines is 3. The van der Waals surface area contributed by atoms with E-state index in [9.17, 15) is 12.8 Å². The molecular formula is C14H13FN2O2S. The Balaban J connectivity index is 2.27. The van der Waals surface area contributed by atoms with Gasteiger partial charge in [-0.1, -0.05) is 18.2 Å². The Hall–Kier alpha value is -2.08. The third-order valence-electron chi connectivity index (χ3n) is 3.34. The maximum Gasteiger partial charge on any atom is 0.330 e. The van der Waals surface area contributed by atoms with Crippen LogP contribution in [0, 0.1) is 12.7 Å². The molecule has 1 heterocycles. The Morgan fingerprint density at radius 1 is 1.00 bits per heavy atom. The summed E-state index contributed by atoms with van der Waals surface area (Å²) in [6.45, 7) is 1.76. The third kappa shape index (κ3) is 1.68. The lowest BCUT2D eigenvalue weighted by atomic mass is 10.2. The fraction of sp³-hybridized carbons (Fsp3) is 0.143. The van der Waals surface area contributed by atoms with Crippen LogP contribution in [0.5, 0.6) is 0 Å². The van der Waals surface area contributed by atoms with Gasteiger partial charge in [-0.25, -0.2) is 8.70 Å². The second-order valence-electron chi connectivity index (χ2n) is 4.68. The highest BCUT2D eigenvalue weighted by Crippen LogP contribution is 2.44. The van der Waals surface area contributed by atoms with Gasteiger partial charge in [-0.05, 0) is 36.8 Å². The van der Waals surface area contributed by atoms with Gasteiger partial charge in [-0.2, -0.15) is 8.42 Å². The lowest BCUT2D eigenvalue weighted by Crippen LogP contribution is -2.32. The van der Waals surface area contributed by atoms with Gasteiger partial charge in [0.05, 0.1) is 17.1 Å². The van der Waals surface area contributed by atoms with Crippen LogP contribution >= 0.6 is 0 Å². The molecule has 0 saturated carbocycles. The molecule has 0 N–H and O–H groups in total. The first-order valence-electron chi connectivity index (χ1n) is 6.07. The van der Waals surface area contributed by atoms with Crippen LogP contribution in [-0.4, -0.2) is 15.5 Å². The maximum absolute atomic E-state index is 14.1. The summed E-state index contributed by atoms with van der Waals surface area (Å²) in [7, 11) is -2.33. The van der Waals surface area contributed by atoms with Gasteiger partial charge in [0.25, 0.3) is 0 Å². The molecule has 0 radical (unpaired) electrons. The van der Waals surface area contributed by atoms with Crippen molar-refractivity contribution in [3.8, 4) is 0 Å². The monoisotopic (exact) mass is 292 g/mol. The second kappa shape index (κ2) is 4.21. The van der Waals surface area contributed by atoms with Crippen LogP contribution in [0.2, 0.25) is 0 Å². The molecule has 0 bridgehead atoms. The minimum Gasteiger partial charge on any atom is -0.254 e. The highest BCUT2D eigenvalue weighted by atomic mass is 32.2. The van der Waals surface area contributed by atoms with E-state index in [1.165, 1.54) is 19.2 Å². The van der Waals surface area contributed by atoms with Crippen LogP contribution < -0.4 is 8.61 Å². The molecule has 0 atom stereocenters. The van der Waals surface area contributed by atoms with Crippen molar-refractivity contribution < 1.29 is 12.8 Å². The van der Waals surface area contributed by atoms with Crippen molar-refractivity contribution in [1.82, 2.24) is 0 Å². The van der Waals surface area contributed by atoms with Crippen LogP contribution in [0.4, 0.5) is 21.5 Å². The third-order valence-corrected chi connectivity index (χ3v) is 5.08. The Morgan fingerprint density at radius 2 is 1.65 bits per heavy atom. The quantitative estimate of drug-likeness (QED) is 0.810. The number of benzene rings is 2. The SMILES string of the molecule is Cc1ccc(N2c3ccccc3N(C)S2(=O)=O)c(F)c1. The van der Waals surface area contributed by atoms with E-state index in [1.54, 1.807) is 37.3 Å². The first-order chi connectivity index (χ1) is 9.43. The van der Waals surface area contributed by atoms with Crippen molar-refractivity contribution in [3.63, 3.8) is 0 Å². The van der Waals surface area contributed by atoms with E-state index in [2.05, 4.69) is 0 Å². The lowest BCUT2D eigenvalue weighted by Gasteiger charge is -2.19. The van der Waals surface area contributed by atoms with Gasteiger partial charge in [-0.15, -0.1) is 0 Å². The molecule has 0 amide bonds. The van der Waals surface area contributed by atoms with Gasteiger partial charge in [-0.3, -0.25) is 4.31 Å². The van der Waals surface area contributed by atoms with Gasteiger partial charge in [0, 0.05) is 7.05 Å². The zero-order valence-corrected chi connectivity index (χ0v) is 11.9. The van der Waals surface area contributed by atoms with Gasteiger partial charge < -0.3 is 0 Å². The molecule has 4 nitrogen and oxygen atoms in total. The Bertz CT molecular complexity index is 790. The number of hydrogen-bond donors (Lipinski definition) is 0. The topological polar surface area (TPSA) is 40.6 Å². The van der Waals surface area contributed by atoms with Crippen LogP contribution in [0.25, 0.3) is 0 Å². The normalized spacial score (nSPS) is 16.4. The second-order valence-corrected chi connectivity index (χ2v) is 6.49. The lowest BCUT2D eigenvalue weighted by molar-refractivity contribution is 0.593. The molecule has 2 aromatic carbocycles. The maximum atomic E-state index is 14.1. The average molecular weight is 292 g/mol. The summed E-state index contributed by atoms with van der Waals surface area (Å²) < 4.78 is 41.3. The Morgan fingerprint density at radius 3 is 2.30 bits per heavy atom. The molecule has 20 heavy (non-hydrogen) atoms. The van der Waals surface area contributed by atoms with Gasteiger partial charge in [0.1, 0.15) is 5.82 Å². The van der Waals surface area contributed by atoms with Crippen LogP contribution in [0.15, 0.2) is 42.5 Å². The molecule has 0 saturated heterocycles. The Labute approximate surface area is 117 Å².